The monoisotopic (exact) mass is 483 g/mol. The Morgan fingerprint density at radius 2 is 1.53 bits per heavy atom. The lowest BCUT2D eigenvalue weighted by Gasteiger charge is -2.35. The molecule has 1 saturated heterocycles. The van der Waals surface area contributed by atoms with E-state index in [2.05, 4.69) is 40.5 Å². The first-order chi connectivity index (χ1) is 17.6. The molecule has 2 aliphatic rings. The van der Waals surface area contributed by atoms with Gasteiger partial charge in [-0.15, -0.1) is 0 Å². The van der Waals surface area contributed by atoms with Crippen LogP contribution in [0, 0.1) is 0 Å². The summed E-state index contributed by atoms with van der Waals surface area (Å²) in [7, 11) is 1.43. The van der Waals surface area contributed by atoms with Gasteiger partial charge >= 0.3 is 5.97 Å². The van der Waals surface area contributed by atoms with Gasteiger partial charge in [0.15, 0.2) is 0 Å². The zero-order valence-corrected chi connectivity index (χ0v) is 20.7. The zero-order valence-electron chi connectivity index (χ0n) is 20.7. The Labute approximate surface area is 212 Å². The number of fused-ring (bicyclic) bond motifs is 1. The molecule has 2 heterocycles. The number of piperidine rings is 1. The molecule has 5 rings (SSSR count). The van der Waals surface area contributed by atoms with Crippen molar-refractivity contribution >= 4 is 17.6 Å². The van der Waals surface area contributed by atoms with Crippen LogP contribution in [0.15, 0.2) is 78.9 Å². The van der Waals surface area contributed by atoms with E-state index in [0.717, 1.165) is 55.7 Å². The number of carbonyl (C=O) groups is 2. The second-order valence-electron chi connectivity index (χ2n) is 9.59. The van der Waals surface area contributed by atoms with Crippen molar-refractivity contribution in [1.29, 1.82) is 0 Å². The number of ether oxygens (including phenoxy) is 1. The van der Waals surface area contributed by atoms with Crippen molar-refractivity contribution in [2.75, 3.05) is 31.6 Å². The van der Waals surface area contributed by atoms with Crippen molar-refractivity contribution in [2.24, 2.45) is 0 Å². The van der Waals surface area contributed by atoms with Crippen LogP contribution in [0.1, 0.15) is 45.9 Å². The van der Waals surface area contributed by atoms with Gasteiger partial charge in [-0.1, -0.05) is 54.6 Å². The molecule has 6 nitrogen and oxygen atoms in total. The average molecular weight is 484 g/mol. The van der Waals surface area contributed by atoms with E-state index < -0.39 is 6.04 Å². The fourth-order valence-electron chi connectivity index (χ4n) is 5.27. The van der Waals surface area contributed by atoms with Crippen LogP contribution in [-0.4, -0.2) is 49.6 Å². The van der Waals surface area contributed by atoms with Crippen LogP contribution in [0.4, 0.5) is 5.69 Å². The van der Waals surface area contributed by atoms with Crippen LogP contribution >= 0.6 is 0 Å². The number of hydrogen-bond acceptors (Lipinski definition) is 5. The van der Waals surface area contributed by atoms with Crippen LogP contribution in [0.3, 0.4) is 0 Å². The van der Waals surface area contributed by atoms with E-state index in [1.807, 2.05) is 53.4 Å². The second kappa shape index (κ2) is 11.0. The summed E-state index contributed by atoms with van der Waals surface area (Å²) in [5.74, 6) is -0.171. The molecule has 3 aromatic carbocycles. The number of hydrogen-bond donors (Lipinski definition) is 1. The highest BCUT2D eigenvalue weighted by Crippen LogP contribution is 2.25. The van der Waals surface area contributed by atoms with E-state index in [-0.39, 0.29) is 17.9 Å². The molecule has 0 aromatic heterocycles. The minimum Gasteiger partial charge on any atom is -0.468 e. The molecule has 1 amide bonds. The molecular formula is C30H33N3O3. The Morgan fingerprint density at radius 3 is 2.22 bits per heavy atom. The summed E-state index contributed by atoms with van der Waals surface area (Å²) in [6.45, 7) is 3.20. The van der Waals surface area contributed by atoms with Crippen LogP contribution < -0.4 is 10.2 Å². The molecule has 0 bridgehead atoms. The Morgan fingerprint density at radius 1 is 0.861 bits per heavy atom. The molecule has 0 aliphatic carbocycles. The van der Waals surface area contributed by atoms with Gasteiger partial charge in [-0.25, -0.2) is 4.79 Å². The van der Waals surface area contributed by atoms with Crippen molar-refractivity contribution in [2.45, 2.75) is 37.9 Å². The molecule has 0 radical (unpaired) electrons. The zero-order chi connectivity index (χ0) is 24.9. The first kappa shape index (κ1) is 24.1. The molecule has 0 saturated carbocycles. The minimum absolute atomic E-state index is 0.0914. The van der Waals surface area contributed by atoms with Crippen LogP contribution in [0.5, 0.6) is 0 Å². The van der Waals surface area contributed by atoms with Crippen LogP contribution in [-0.2, 0) is 22.5 Å². The van der Waals surface area contributed by atoms with E-state index in [0.29, 0.717) is 6.54 Å². The maximum Gasteiger partial charge on any atom is 0.327 e. The third kappa shape index (κ3) is 5.29. The van der Waals surface area contributed by atoms with E-state index in [4.69, 9.17) is 4.74 Å². The fraction of sp³-hybridized carbons (Fsp3) is 0.333. The number of nitrogens with one attached hydrogen (secondary N) is 1. The van der Waals surface area contributed by atoms with Gasteiger partial charge in [-0.2, -0.15) is 0 Å². The highest BCUT2D eigenvalue weighted by Gasteiger charge is 2.27. The van der Waals surface area contributed by atoms with Gasteiger partial charge in [0.2, 0.25) is 0 Å². The number of esters is 1. The van der Waals surface area contributed by atoms with Gasteiger partial charge in [-0.05, 0) is 60.2 Å². The number of methoxy groups -OCH3 is 1. The smallest absolute Gasteiger partial charge is 0.327 e. The second-order valence-corrected chi connectivity index (χ2v) is 9.59. The van der Waals surface area contributed by atoms with Crippen molar-refractivity contribution in [3.63, 3.8) is 0 Å². The lowest BCUT2D eigenvalue weighted by molar-refractivity contribution is -0.143. The molecule has 1 fully saturated rings. The van der Waals surface area contributed by atoms with E-state index in [1.165, 1.54) is 18.2 Å². The van der Waals surface area contributed by atoms with Gasteiger partial charge in [0, 0.05) is 43.5 Å². The average Bonchev–Trinajstić information content (AvgIpc) is 2.95. The third-order valence-electron chi connectivity index (χ3n) is 7.36. The number of benzene rings is 3. The quantitative estimate of drug-likeness (QED) is 0.528. The fourth-order valence-corrected chi connectivity index (χ4v) is 5.27. The molecular weight excluding hydrogens is 450 g/mol. The summed E-state index contributed by atoms with van der Waals surface area (Å²) >= 11 is 0. The molecule has 0 unspecified atom stereocenters. The van der Waals surface area contributed by atoms with E-state index >= 15 is 0 Å². The summed E-state index contributed by atoms with van der Waals surface area (Å²) in [4.78, 5) is 29.8. The lowest BCUT2D eigenvalue weighted by Crippen LogP contribution is -2.45. The number of rotatable bonds is 6. The largest absolute Gasteiger partial charge is 0.468 e. The highest BCUT2D eigenvalue weighted by atomic mass is 16.5. The van der Waals surface area contributed by atoms with Gasteiger partial charge in [0.1, 0.15) is 6.04 Å². The predicted molar refractivity (Wildman–Crippen MR) is 141 cm³/mol. The SMILES string of the molecule is COC(=O)[C@@H](NC1CCN(c2ccc(C(=O)N3CCc4ccccc4C3)cc2)CC1)c1ccccc1. The first-order valence-corrected chi connectivity index (χ1v) is 12.7. The number of anilines is 1. The molecule has 0 spiro atoms. The summed E-state index contributed by atoms with van der Waals surface area (Å²) in [6, 6.07) is 25.9. The molecule has 186 valence electrons. The molecule has 2 aliphatic heterocycles. The minimum atomic E-state index is -0.459. The van der Waals surface area contributed by atoms with Gasteiger partial charge in [0.25, 0.3) is 5.91 Å². The molecule has 3 aromatic rings. The Kier molecular flexibility index (Phi) is 7.33. The van der Waals surface area contributed by atoms with Crippen LogP contribution in [0.2, 0.25) is 0 Å². The maximum atomic E-state index is 13.1. The molecule has 1 atom stereocenters. The van der Waals surface area contributed by atoms with Gasteiger partial charge in [-0.3, -0.25) is 10.1 Å². The van der Waals surface area contributed by atoms with Crippen LogP contribution in [0.25, 0.3) is 0 Å². The Hall–Kier alpha value is -3.64. The van der Waals surface area contributed by atoms with Gasteiger partial charge < -0.3 is 14.5 Å². The van der Waals surface area contributed by atoms with E-state index in [9.17, 15) is 9.59 Å². The summed E-state index contributed by atoms with van der Waals surface area (Å²) in [5.41, 5.74) is 5.37. The van der Waals surface area contributed by atoms with Crippen molar-refractivity contribution in [1.82, 2.24) is 10.2 Å². The van der Waals surface area contributed by atoms with Crippen molar-refractivity contribution < 1.29 is 14.3 Å². The number of nitrogens with zero attached hydrogens (tertiary/aromatic N) is 2. The standard InChI is InChI=1S/C30H33N3O3/c1-36-30(35)28(23-8-3-2-4-9-23)31-26-16-19-32(20-17-26)27-13-11-24(12-14-27)29(34)33-18-15-22-7-5-6-10-25(22)21-33/h2-14,26,28,31H,15-21H2,1H3/t28-/m0/s1. The number of amides is 1. The predicted octanol–water partition coefficient (Wildman–Crippen LogP) is 4.36. The number of carbonyl (C=O) groups excluding carboxylic acids is 2. The summed E-state index contributed by atoms with van der Waals surface area (Å²) in [6.07, 6.45) is 2.76. The summed E-state index contributed by atoms with van der Waals surface area (Å²) in [5, 5.41) is 3.51. The maximum absolute atomic E-state index is 13.1. The molecule has 36 heavy (non-hydrogen) atoms. The van der Waals surface area contributed by atoms with Gasteiger partial charge in [0.05, 0.1) is 7.11 Å². The lowest BCUT2D eigenvalue weighted by atomic mass is 9.99. The normalized spacial score (nSPS) is 16.8. The summed E-state index contributed by atoms with van der Waals surface area (Å²) < 4.78 is 5.05. The topological polar surface area (TPSA) is 61.9 Å². The Balaban J connectivity index is 1.17. The Bertz CT molecular complexity index is 1190. The third-order valence-corrected chi connectivity index (χ3v) is 7.36. The molecule has 6 heteroatoms. The van der Waals surface area contributed by atoms with E-state index in [1.54, 1.807) is 0 Å². The van der Waals surface area contributed by atoms with Crippen molar-refractivity contribution in [3.05, 3.63) is 101 Å². The first-order valence-electron chi connectivity index (χ1n) is 12.7. The highest BCUT2D eigenvalue weighted by molar-refractivity contribution is 5.94. The van der Waals surface area contributed by atoms with Crippen molar-refractivity contribution in [3.8, 4) is 0 Å². The molecule has 1 N–H and O–H groups in total.